The van der Waals surface area contributed by atoms with Gasteiger partial charge >= 0.3 is 0 Å². The lowest BCUT2D eigenvalue weighted by atomic mass is 10.0. The molecule has 0 spiro atoms. The Morgan fingerprint density at radius 3 is 2.71 bits per heavy atom. The summed E-state index contributed by atoms with van der Waals surface area (Å²) in [6.07, 6.45) is 7.03. The van der Waals surface area contributed by atoms with E-state index < -0.39 is 10.0 Å². The first kappa shape index (κ1) is 22.5. The zero-order valence-electron chi connectivity index (χ0n) is 18.2. The Bertz CT molecular complexity index is 908. The molecule has 3 heterocycles. The lowest BCUT2D eigenvalue weighted by molar-refractivity contribution is 0.0918. The maximum atomic E-state index is 13.2. The monoisotopic (exact) mass is 450 g/mol. The highest BCUT2D eigenvalue weighted by Gasteiger charge is 2.33. The number of carbonyl (C=O) groups is 1. The molecule has 0 radical (unpaired) electrons. The van der Waals surface area contributed by atoms with E-state index >= 15 is 0 Å². The lowest BCUT2D eigenvalue weighted by Gasteiger charge is -2.28. The van der Waals surface area contributed by atoms with Crippen LogP contribution in [-0.2, 0) is 16.4 Å². The first-order chi connectivity index (χ1) is 14.8. The van der Waals surface area contributed by atoms with Gasteiger partial charge in [0, 0.05) is 30.6 Å². The van der Waals surface area contributed by atoms with E-state index in [0.717, 1.165) is 51.0 Å². The summed E-state index contributed by atoms with van der Waals surface area (Å²) in [5.74, 6) is 0.196. The summed E-state index contributed by atoms with van der Waals surface area (Å²) in [5.41, 5.74) is 1.00. The Labute approximate surface area is 184 Å². The molecular weight excluding hydrogens is 416 g/mol. The first-order valence-corrected chi connectivity index (χ1v) is 13.0. The van der Waals surface area contributed by atoms with E-state index in [0.29, 0.717) is 12.2 Å². The van der Waals surface area contributed by atoms with Crippen LogP contribution in [0.15, 0.2) is 17.0 Å². The minimum atomic E-state index is -3.93. The Hall–Kier alpha value is -1.68. The van der Waals surface area contributed by atoms with Gasteiger partial charge in [-0.3, -0.25) is 9.69 Å². The molecule has 1 aromatic carbocycles. The van der Waals surface area contributed by atoms with Crippen LogP contribution in [0, 0.1) is 0 Å². The highest BCUT2D eigenvalue weighted by molar-refractivity contribution is 7.89. The molecule has 8 nitrogen and oxygen atoms in total. The van der Waals surface area contributed by atoms with E-state index in [2.05, 4.69) is 15.5 Å². The number of hydrogen-bond donors (Lipinski definition) is 3. The van der Waals surface area contributed by atoms with Gasteiger partial charge in [0.1, 0.15) is 11.9 Å². The summed E-state index contributed by atoms with van der Waals surface area (Å²) < 4.78 is 30.4. The number of nitrogens with one attached hydrogen (secondary N) is 2. The van der Waals surface area contributed by atoms with E-state index in [1.54, 1.807) is 6.07 Å². The Morgan fingerprint density at radius 1 is 1.29 bits per heavy atom. The number of ether oxygens (including phenoxy) is 1. The van der Waals surface area contributed by atoms with Crippen LogP contribution in [0.25, 0.3) is 0 Å². The lowest BCUT2D eigenvalue weighted by Crippen LogP contribution is -2.47. The van der Waals surface area contributed by atoms with Gasteiger partial charge in [-0.1, -0.05) is 13.3 Å². The number of fused-ring (bicyclic) bond motifs is 1. The molecular formula is C22H34N4O4S. The van der Waals surface area contributed by atoms with Crippen LogP contribution in [0.1, 0.15) is 61.4 Å². The maximum Gasteiger partial charge on any atom is 0.255 e. The van der Waals surface area contributed by atoms with Gasteiger partial charge in [-0.2, -0.15) is 0 Å². The SMILES string of the molecule is CCC(NC(=O)c1cc(S(N)(=O)=O)cc2c1OC(CN1CCCCC1)C2)C1CCCN1. The predicted molar refractivity (Wildman–Crippen MR) is 119 cm³/mol. The van der Waals surface area contributed by atoms with Crippen molar-refractivity contribution in [3.63, 3.8) is 0 Å². The molecule has 2 saturated heterocycles. The fraction of sp³-hybridized carbons (Fsp3) is 0.682. The topological polar surface area (TPSA) is 114 Å². The molecule has 0 aliphatic carbocycles. The minimum Gasteiger partial charge on any atom is -0.488 e. The number of hydrogen-bond acceptors (Lipinski definition) is 6. The number of nitrogens with zero attached hydrogens (tertiary/aromatic N) is 1. The van der Waals surface area contributed by atoms with Crippen molar-refractivity contribution in [3.05, 3.63) is 23.3 Å². The van der Waals surface area contributed by atoms with Crippen LogP contribution in [-0.4, -0.2) is 63.6 Å². The second-order valence-electron chi connectivity index (χ2n) is 9.00. The standard InChI is InChI=1S/C22H34N4O4S/c1-2-19(20-7-6-8-24-20)25-22(27)18-13-17(31(23,28)29)12-15-11-16(30-21(15)18)14-26-9-4-3-5-10-26/h12-13,16,19-20,24H,2-11,14H2,1H3,(H,25,27)(H2,23,28,29). The molecule has 1 aromatic rings. The molecule has 172 valence electrons. The van der Waals surface area contributed by atoms with Crippen LogP contribution in [0.2, 0.25) is 0 Å². The van der Waals surface area contributed by atoms with Crippen LogP contribution >= 0.6 is 0 Å². The van der Waals surface area contributed by atoms with Crippen LogP contribution < -0.4 is 20.5 Å². The van der Waals surface area contributed by atoms with Crippen molar-refractivity contribution in [1.82, 2.24) is 15.5 Å². The Balaban J connectivity index is 1.57. The fourth-order valence-corrected chi connectivity index (χ4v) is 5.65. The van der Waals surface area contributed by atoms with E-state index in [4.69, 9.17) is 9.88 Å². The van der Waals surface area contributed by atoms with Crippen LogP contribution in [0.5, 0.6) is 5.75 Å². The van der Waals surface area contributed by atoms with Gasteiger partial charge in [-0.05, 0) is 63.9 Å². The third-order valence-corrected chi connectivity index (χ3v) is 7.59. The molecule has 31 heavy (non-hydrogen) atoms. The summed E-state index contributed by atoms with van der Waals surface area (Å²) in [5, 5.41) is 12.0. The number of nitrogens with two attached hydrogens (primary N) is 1. The third kappa shape index (κ3) is 5.22. The molecule has 3 atom stereocenters. The molecule has 3 aliphatic heterocycles. The zero-order chi connectivity index (χ0) is 22.0. The number of benzene rings is 1. The van der Waals surface area contributed by atoms with Crippen LogP contribution in [0.4, 0.5) is 0 Å². The molecule has 3 unspecified atom stereocenters. The number of primary sulfonamides is 1. The van der Waals surface area contributed by atoms with Crippen molar-refractivity contribution < 1.29 is 17.9 Å². The van der Waals surface area contributed by atoms with Crippen molar-refractivity contribution in [1.29, 1.82) is 0 Å². The number of rotatable bonds is 7. The molecule has 0 saturated carbocycles. The fourth-order valence-electron chi connectivity index (χ4n) is 5.06. The van der Waals surface area contributed by atoms with E-state index in [1.165, 1.54) is 25.3 Å². The van der Waals surface area contributed by atoms with Crippen molar-refractivity contribution in [2.45, 2.75) is 75.0 Å². The van der Waals surface area contributed by atoms with Gasteiger partial charge in [0.05, 0.1) is 10.5 Å². The summed E-state index contributed by atoms with van der Waals surface area (Å²) in [6.45, 7) is 5.89. The maximum absolute atomic E-state index is 13.2. The largest absolute Gasteiger partial charge is 0.488 e. The highest BCUT2D eigenvalue weighted by atomic mass is 32.2. The number of carbonyl (C=O) groups excluding carboxylic acids is 1. The van der Waals surface area contributed by atoms with Gasteiger partial charge in [0.15, 0.2) is 0 Å². The van der Waals surface area contributed by atoms with Gasteiger partial charge < -0.3 is 15.4 Å². The summed E-state index contributed by atoms with van der Waals surface area (Å²) in [6, 6.07) is 3.14. The first-order valence-electron chi connectivity index (χ1n) is 11.5. The number of likely N-dealkylation sites (tertiary alicyclic amines) is 1. The van der Waals surface area contributed by atoms with E-state index in [1.807, 2.05) is 6.92 Å². The molecule has 9 heteroatoms. The number of sulfonamides is 1. The summed E-state index contributed by atoms with van der Waals surface area (Å²) in [7, 11) is -3.93. The quantitative estimate of drug-likeness (QED) is 0.578. The van der Waals surface area contributed by atoms with Gasteiger partial charge in [0.2, 0.25) is 10.0 Å². The van der Waals surface area contributed by atoms with Crippen molar-refractivity contribution >= 4 is 15.9 Å². The average Bonchev–Trinajstić information content (AvgIpc) is 3.40. The molecule has 0 aromatic heterocycles. The van der Waals surface area contributed by atoms with Crippen molar-refractivity contribution in [2.75, 3.05) is 26.2 Å². The molecule has 0 bridgehead atoms. The van der Waals surface area contributed by atoms with Gasteiger partial charge in [0.25, 0.3) is 5.91 Å². The van der Waals surface area contributed by atoms with E-state index in [9.17, 15) is 13.2 Å². The van der Waals surface area contributed by atoms with E-state index in [-0.39, 0.29) is 34.6 Å². The number of amides is 1. The normalized spacial score (nSPS) is 25.1. The number of piperidine rings is 1. The molecule has 4 rings (SSSR count). The van der Waals surface area contributed by atoms with Crippen LogP contribution in [0.3, 0.4) is 0 Å². The Kier molecular flexibility index (Phi) is 6.86. The molecule has 2 fully saturated rings. The summed E-state index contributed by atoms with van der Waals surface area (Å²) >= 11 is 0. The highest BCUT2D eigenvalue weighted by Crippen LogP contribution is 2.35. The second kappa shape index (κ2) is 9.44. The zero-order valence-corrected chi connectivity index (χ0v) is 19.0. The predicted octanol–water partition coefficient (Wildman–Crippen LogP) is 1.38. The second-order valence-corrected chi connectivity index (χ2v) is 10.6. The Morgan fingerprint density at radius 2 is 2.06 bits per heavy atom. The molecule has 3 aliphatic rings. The summed E-state index contributed by atoms with van der Waals surface area (Å²) in [4.78, 5) is 15.6. The van der Waals surface area contributed by atoms with Crippen molar-refractivity contribution in [3.8, 4) is 5.75 Å². The molecule has 1 amide bonds. The van der Waals surface area contributed by atoms with Crippen molar-refractivity contribution in [2.24, 2.45) is 5.14 Å². The van der Waals surface area contributed by atoms with Gasteiger partial charge in [-0.15, -0.1) is 0 Å². The molecule has 4 N–H and O–H groups in total. The third-order valence-electron chi connectivity index (χ3n) is 6.70. The van der Waals surface area contributed by atoms with Gasteiger partial charge in [-0.25, -0.2) is 13.6 Å². The average molecular weight is 451 g/mol. The smallest absolute Gasteiger partial charge is 0.255 e. The minimum absolute atomic E-state index is 0.0191.